The van der Waals surface area contributed by atoms with Gasteiger partial charge in [0, 0.05) is 28.7 Å². The van der Waals surface area contributed by atoms with Gasteiger partial charge in [-0.2, -0.15) is 0 Å². The van der Waals surface area contributed by atoms with Gasteiger partial charge >= 0.3 is 5.97 Å². The predicted molar refractivity (Wildman–Crippen MR) is 137 cm³/mol. The number of rotatable bonds is 3. The number of benzene rings is 2. The molecule has 1 fully saturated rings. The molecule has 2 aromatic heterocycles. The van der Waals surface area contributed by atoms with Gasteiger partial charge in [-0.15, -0.1) is 0 Å². The number of hydrogen-bond acceptors (Lipinski definition) is 4. The zero-order chi connectivity index (χ0) is 25.1. The summed E-state index contributed by atoms with van der Waals surface area (Å²) in [5, 5.41) is 10.00. The Labute approximate surface area is 211 Å². The zero-order valence-electron chi connectivity index (χ0n) is 19.8. The summed E-state index contributed by atoms with van der Waals surface area (Å²) in [5.74, 6) is -0.347. The van der Waals surface area contributed by atoms with Crippen molar-refractivity contribution in [3.63, 3.8) is 0 Å². The molecule has 1 aliphatic heterocycles. The van der Waals surface area contributed by atoms with Crippen LogP contribution in [0.3, 0.4) is 0 Å². The van der Waals surface area contributed by atoms with Gasteiger partial charge < -0.3 is 15.0 Å². The first-order valence-electron chi connectivity index (χ1n) is 12.2. The van der Waals surface area contributed by atoms with E-state index in [-0.39, 0.29) is 23.3 Å². The van der Waals surface area contributed by atoms with E-state index in [1.54, 1.807) is 23.2 Å². The largest absolute Gasteiger partial charge is 0.481 e. The smallest absolute Gasteiger partial charge is 0.306 e. The molecule has 36 heavy (non-hydrogen) atoms. The first kappa shape index (κ1) is 22.8. The molecule has 2 aromatic carbocycles. The van der Waals surface area contributed by atoms with Crippen molar-refractivity contribution in [2.45, 2.75) is 44.9 Å². The summed E-state index contributed by atoms with van der Waals surface area (Å²) in [6, 6.07) is 9.25. The number of H-pyrrole nitrogens is 1. The first-order chi connectivity index (χ1) is 17.3. The lowest BCUT2D eigenvalue weighted by molar-refractivity contribution is -0.142. The zero-order valence-corrected chi connectivity index (χ0v) is 20.5. The van der Waals surface area contributed by atoms with Crippen LogP contribution >= 0.6 is 11.6 Å². The van der Waals surface area contributed by atoms with Crippen molar-refractivity contribution < 1.29 is 14.7 Å². The summed E-state index contributed by atoms with van der Waals surface area (Å²) in [4.78, 5) is 47.2. The fourth-order valence-electron chi connectivity index (χ4n) is 5.79. The average Bonchev–Trinajstić information content (AvgIpc) is 3.49. The van der Waals surface area contributed by atoms with Crippen LogP contribution in [-0.2, 0) is 11.2 Å². The van der Waals surface area contributed by atoms with Crippen LogP contribution in [0.4, 0.5) is 5.69 Å². The third-order valence-corrected chi connectivity index (χ3v) is 7.94. The molecule has 9 heteroatoms. The number of fused-ring (bicyclic) bond motifs is 4. The Morgan fingerprint density at radius 1 is 1.11 bits per heavy atom. The Morgan fingerprint density at radius 3 is 2.64 bits per heavy atom. The van der Waals surface area contributed by atoms with Crippen LogP contribution < -0.4 is 10.5 Å². The number of carbonyl (C=O) groups is 2. The Hall–Kier alpha value is -3.65. The van der Waals surface area contributed by atoms with Crippen LogP contribution in [0.1, 0.15) is 58.9 Å². The number of halogens is 1. The monoisotopic (exact) mass is 504 g/mol. The van der Waals surface area contributed by atoms with Crippen LogP contribution in [-0.4, -0.2) is 37.9 Å². The molecule has 0 unspecified atom stereocenters. The van der Waals surface area contributed by atoms with Crippen LogP contribution in [0.5, 0.6) is 0 Å². The molecule has 6 rings (SSSR count). The molecule has 8 nitrogen and oxygen atoms in total. The second kappa shape index (κ2) is 8.48. The highest BCUT2D eigenvalue weighted by Gasteiger charge is 2.30. The minimum Gasteiger partial charge on any atom is -0.481 e. The fourth-order valence-corrected chi connectivity index (χ4v) is 5.98. The Kier molecular flexibility index (Phi) is 5.37. The maximum atomic E-state index is 13.6. The molecule has 0 spiro atoms. The van der Waals surface area contributed by atoms with Gasteiger partial charge in [-0.05, 0) is 80.5 Å². The van der Waals surface area contributed by atoms with Crippen molar-refractivity contribution in [1.82, 2.24) is 14.4 Å². The van der Waals surface area contributed by atoms with E-state index in [1.165, 1.54) is 0 Å². The molecular weight excluding hydrogens is 480 g/mol. The number of anilines is 1. The molecular formula is C27H25ClN4O4. The number of aromatic nitrogens is 3. The van der Waals surface area contributed by atoms with E-state index in [9.17, 15) is 19.5 Å². The van der Waals surface area contributed by atoms with Crippen molar-refractivity contribution in [2.75, 3.05) is 11.4 Å². The van der Waals surface area contributed by atoms with Gasteiger partial charge in [0.25, 0.3) is 11.5 Å². The third-order valence-electron chi connectivity index (χ3n) is 7.71. The van der Waals surface area contributed by atoms with E-state index in [4.69, 9.17) is 11.6 Å². The second-order valence-corrected chi connectivity index (χ2v) is 10.3. The number of carboxylic acid groups (broad SMARTS) is 1. The number of aromatic amines is 1. The highest BCUT2D eigenvalue weighted by Crippen LogP contribution is 2.37. The molecule has 4 aromatic rings. The van der Waals surface area contributed by atoms with Gasteiger partial charge in [0.1, 0.15) is 11.3 Å². The van der Waals surface area contributed by atoms with E-state index >= 15 is 0 Å². The summed E-state index contributed by atoms with van der Waals surface area (Å²) in [7, 11) is 0. The number of nitrogens with zero attached hydrogens (tertiary/aromatic N) is 3. The van der Waals surface area contributed by atoms with Crippen LogP contribution in [0, 0.1) is 12.8 Å². The molecule has 1 amide bonds. The molecule has 184 valence electrons. The molecule has 1 aliphatic carbocycles. The number of hydrogen-bond donors (Lipinski definition) is 2. The number of nitrogens with one attached hydrogen (secondary N) is 1. The molecule has 0 radical (unpaired) electrons. The van der Waals surface area contributed by atoms with Gasteiger partial charge in [-0.25, -0.2) is 4.98 Å². The number of amides is 1. The highest BCUT2D eigenvalue weighted by atomic mass is 35.5. The Morgan fingerprint density at radius 2 is 1.89 bits per heavy atom. The number of carboxylic acids is 1. The van der Waals surface area contributed by atoms with Crippen molar-refractivity contribution in [1.29, 1.82) is 0 Å². The predicted octanol–water partition coefficient (Wildman–Crippen LogP) is 4.70. The maximum absolute atomic E-state index is 13.6. The van der Waals surface area contributed by atoms with Crippen LogP contribution in [0.15, 0.2) is 41.3 Å². The summed E-state index contributed by atoms with van der Waals surface area (Å²) >= 11 is 6.13. The maximum Gasteiger partial charge on any atom is 0.306 e. The van der Waals surface area contributed by atoms with E-state index in [1.807, 2.05) is 29.5 Å². The molecule has 2 N–H and O–H groups in total. The minimum absolute atomic E-state index is 0.0719. The van der Waals surface area contributed by atoms with E-state index in [0.717, 1.165) is 34.6 Å². The Bertz CT molecular complexity index is 1610. The van der Waals surface area contributed by atoms with E-state index in [2.05, 4.69) is 9.97 Å². The summed E-state index contributed by atoms with van der Waals surface area (Å²) in [6.45, 7) is 2.48. The standard InChI is InChI=1S/C27H25ClN4O4/c1-14-10-22-20(12-19(14)26(34)31-9-8-17-11-18(28)6-7-21(17)31)30-25(33)23-13-29-24(32(22)23)15-2-4-16(5-3-15)27(35)36/h6-7,10-13,15-16H,2-5,8-9H2,1H3,(H,30,33)(H,35,36)/t15-,16-. The Balaban J connectivity index is 1.42. The van der Waals surface area contributed by atoms with Gasteiger partial charge in [-0.3, -0.25) is 18.8 Å². The van der Waals surface area contributed by atoms with Crippen LogP contribution in [0.2, 0.25) is 5.02 Å². The molecule has 1 saturated carbocycles. The first-order valence-corrected chi connectivity index (χ1v) is 12.6. The van der Waals surface area contributed by atoms with Crippen molar-refractivity contribution in [3.05, 3.63) is 74.4 Å². The molecule has 0 saturated heterocycles. The average molecular weight is 505 g/mol. The van der Waals surface area contributed by atoms with E-state index < -0.39 is 5.97 Å². The van der Waals surface area contributed by atoms with Gasteiger partial charge in [0.2, 0.25) is 0 Å². The number of carbonyl (C=O) groups excluding carboxylic acids is 1. The normalized spacial score (nSPS) is 19.7. The molecule has 0 atom stereocenters. The second-order valence-electron chi connectivity index (χ2n) is 9.84. The van der Waals surface area contributed by atoms with Gasteiger partial charge in [0.05, 0.1) is 23.1 Å². The molecule has 0 bridgehead atoms. The lowest BCUT2D eigenvalue weighted by Crippen LogP contribution is -2.29. The van der Waals surface area contributed by atoms with Gasteiger partial charge in [0.15, 0.2) is 0 Å². The minimum atomic E-state index is -0.750. The molecule has 2 aliphatic rings. The number of aryl methyl sites for hydroxylation is 1. The SMILES string of the molecule is Cc1cc2c(cc1C(=O)N1CCc3cc(Cl)ccc31)[nH]c(=O)c1cnc([C@H]3CC[C@H](C(=O)O)CC3)n12. The van der Waals surface area contributed by atoms with Gasteiger partial charge in [-0.1, -0.05) is 11.6 Å². The highest BCUT2D eigenvalue weighted by molar-refractivity contribution is 6.30. The summed E-state index contributed by atoms with van der Waals surface area (Å²) < 4.78 is 1.88. The summed E-state index contributed by atoms with van der Waals surface area (Å²) in [6.07, 6.45) is 4.93. The fraction of sp³-hybridized carbons (Fsp3) is 0.333. The van der Waals surface area contributed by atoms with Crippen molar-refractivity contribution in [3.8, 4) is 0 Å². The van der Waals surface area contributed by atoms with Crippen molar-refractivity contribution >= 4 is 45.7 Å². The lowest BCUT2D eigenvalue weighted by Gasteiger charge is -2.25. The van der Waals surface area contributed by atoms with Crippen molar-refractivity contribution in [2.24, 2.45) is 5.92 Å². The number of imidazole rings is 1. The lowest BCUT2D eigenvalue weighted by atomic mass is 9.81. The van der Waals surface area contributed by atoms with Crippen LogP contribution in [0.25, 0.3) is 16.6 Å². The molecule has 3 heterocycles. The third kappa shape index (κ3) is 3.59. The quantitative estimate of drug-likeness (QED) is 0.420. The topological polar surface area (TPSA) is 108 Å². The summed E-state index contributed by atoms with van der Waals surface area (Å²) in [5.41, 5.74) is 4.76. The number of aliphatic carboxylic acids is 1. The van der Waals surface area contributed by atoms with E-state index in [0.29, 0.717) is 53.8 Å².